The van der Waals surface area contributed by atoms with E-state index in [0.29, 0.717) is 5.92 Å². The number of benzene rings is 1. The molecule has 0 radical (unpaired) electrons. The van der Waals surface area contributed by atoms with Crippen molar-refractivity contribution in [2.75, 3.05) is 0 Å². The Bertz CT molecular complexity index is 271. The molecule has 1 rings (SSSR count). The molecule has 0 aliphatic rings. The fraction of sp³-hybridized carbons (Fsp3) is 0.455. The van der Waals surface area contributed by atoms with Gasteiger partial charge in [0.15, 0.2) is 0 Å². The Hall–Kier alpha value is -0.860. The van der Waals surface area contributed by atoms with E-state index in [0.717, 1.165) is 11.1 Å². The summed E-state index contributed by atoms with van der Waals surface area (Å²) in [5, 5.41) is 9.09. The first-order valence-electron chi connectivity index (χ1n) is 4.61. The van der Waals surface area contributed by atoms with E-state index in [1.54, 1.807) is 0 Å². The average molecular weight is 179 g/mol. The molecule has 1 aromatic rings. The van der Waals surface area contributed by atoms with Crippen LogP contribution >= 0.6 is 0 Å². The van der Waals surface area contributed by atoms with E-state index in [9.17, 15) is 0 Å². The number of aliphatic hydroxyl groups is 1. The predicted molar refractivity (Wildman–Crippen MR) is 54.1 cm³/mol. The molecule has 2 nitrogen and oxygen atoms in total. The van der Waals surface area contributed by atoms with Crippen molar-refractivity contribution in [1.82, 2.24) is 0 Å². The fourth-order valence-electron chi connectivity index (χ4n) is 1.36. The van der Waals surface area contributed by atoms with Gasteiger partial charge in [-0.1, -0.05) is 38.1 Å². The zero-order valence-corrected chi connectivity index (χ0v) is 8.20. The van der Waals surface area contributed by atoms with Crippen LogP contribution in [0.1, 0.15) is 31.0 Å². The molecule has 0 saturated heterocycles. The maximum Gasteiger partial charge on any atom is 0.0685 e. The van der Waals surface area contributed by atoms with Crippen molar-refractivity contribution in [2.24, 2.45) is 11.7 Å². The highest BCUT2D eigenvalue weighted by molar-refractivity contribution is 5.29. The molecule has 0 heterocycles. The quantitative estimate of drug-likeness (QED) is 0.743. The van der Waals surface area contributed by atoms with Gasteiger partial charge in [0.1, 0.15) is 0 Å². The number of nitrogens with two attached hydrogens (primary N) is 1. The summed E-state index contributed by atoms with van der Waals surface area (Å²) in [5.74, 6) is 0.396. The number of rotatable bonds is 3. The van der Waals surface area contributed by atoms with Gasteiger partial charge in [-0.2, -0.15) is 0 Å². The van der Waals surface area contributed by atoms with Gasteiger partial charge in [0.05, 0.1) is 6.61 Å². The van der Waals surface area contributed by atoms with Crippen LogP contribution in [0.4, 0.5) is 0 Å². The largest absolute Gasteiger partial charge is 0.392 e. The minimum Gasteiger partial charge on any atom is -0.392 e. The molecule has 1 aromatic carbocycles. The second-order valence-corrected chi connectivity index (χ2v) is 3.63. The van der Waals surface area contributed by atoms with Crippen molar-refractivity contribution in [3.8, 4) is 0 Å². The Morgan fingerprint density at radius 1 is 1.31 bits per heavy atom. The third kappa shape index (κ3) is 2.29. The van der Waals surface area contributed by atoms with Gasteiger partial charge in [-0.15, -0.1) is 0 Å². The van der Waals surface area contributed by atoms with Crippen molar-refractivity contribution in [3.63, 3.8) is 0 Å². The first-order chi connectivity index (χ1) is 6.16. The average Bonchev–Trinajstić information content (AvgIpc) is 2.16. The van der Waals surface area contributed by atoms with Crippen LogP contribution in [0.25, 0.3) is 0 Å². The summed E-state index contributed by atoms with van der Waals surface area (Å²) in [5.41, 5.74) is 7.99. The van der Waals surface area contributed by atoms with Crippen molar-refractivity contribution in [3.05, 3.63) is 35.4 Å². The topological polar surface area (TPSA) is 46.2 Å². The lowest BCUT2D eigenvalue weighted by Gasteiger charge is -2.18. The third-order valence-corrected chi connectivity index (χ3v) is 2.30. The zero-order chi connectivity index (χ0) is 9.84. The molecule has 0 amide bonds. The van der Waals surface area contributed by atoms with Gasteiger partial charge in [0, 0.05) is 6.04 Å². The van der Waals surface area contributed by atoms with Crippen LogP contribution in [-0.4, -0.2) is 5.11 Å². The molecule has 0 bridgehead atoms. The lowest BCUT2D eigenvalue weighted by molar-refractivity contribution is 0.279. The standard InChI is InChI=1S/C11H17NO/c1-8(2)11(12)10-6-4-3-5-9(10)7-13/h3-6,8,11,13H,7,12H2,1-2H3. The van der Waals surface area contributed by atoms with E-state index in [-0.39, 0.29) is 12.6 Å². The Labute approximate surface area is 79.4 Å². The Kier molecular flexibility index (Phi) is 3.46. The minimum absolute atomic E-state index is 0.0170. The highest BCUT2D eigenvalue weighted by Gasteiger charge is 2.12. The van der Waals surface area contributed by atoms with Crippen LogP contribution < -0.4 is 5.73 Å². The molecule has 2 heteroatoms. The fourth-order valence-corrected chi connectivity index (χ4v) is 1.36. The van der Waals surface area contributed by atoms with E-state index in [4.69, 9.17) is 10.8 Å². The smallest absolute Gasteiger partial charge is 0.0685 e. The molecular weight excluding hydrogens is 162 g/mol. The summed E-state index contributed by atoms with van der Waals surface area (Å²) in [6.07, 6.45) is 0. The molecular formula is C11H17NO. The lowest BCUT2D eigenvalue weighted by atomic mass is 9.93. The van der Waals surface area contributed by atoms with Gasteiger partial charge in [-0.05, 0) is 17.0 Å². The lowest BCUT2D eigenvalue weighted by Crippen LogP contribution is -2.18. The number of aliphatic hydroxyl groups excluding tert-OH is 1. The monoisotopic (exact) mass is 179 g/mol. The first kappa shape index (κ1) is 10.2. The van der Waals surface area contributed by atoms with Crippen LogP contribution in [0.5, 0.6) is 0 Å². The summed E-state index contributed by atoms with van der Waals surface area (Å²) >= 11 is 0. The molecule has 0 aromatic heterocycles. The van der Waals surface area contributed by atoms with Gasteiger partial charge in [-0.25, -0.2) is 0 Å². The Morgan fingerprint density at radius 3 is 2.46 bits per heavy atom. The van der Waals surface area contributed by atoms with E-state index >= 15 is 0 Å². The van der Waals surface area contributed by atoms with Gasteiger partial charge in [-0.3, -0.25) is 0 Å². The maximum absolute atomic E-state index is 9.09. The summed E-state index contributed by atoms with van der Waals surface area (Å²) in [6.45, 7) is 4.23. The third-order valence-electron chi connectivity index (χ3n) is 2.30. The molecule has 13 heavy (non-hydrogen) atoms. The highest BCUT2D eigenvalue weighted by Crippen LogP contribution is 2.22. The molecule has 3 N–H and O–H groups in total. The molecule has 1 unspecified atom stereocenters. The Morgan fingerprint density at radius 2 is 1.92 bits per heavy atom. The normalized spacial score (nSPS) is 13.3. The molecule has 0 fully saturated rings. The number of hydrogen-bond acceptors (Lipinski definition) is 2. The summed E-state index contributed by atoms with van der Waals surface area (Å²) in [7, 11) is 0. The van der Waals surface area contributed by atoms with Crippen molar-refractivity contribution >= 4 is 0 Å². The second-order valence-electron chi connectivity index (χ2n) is 3.63. The predicted octanol–water partition coefficient (Wildman–Crippen LogP) is 1.83. The molecule has 72 valence electrons. The molecule has 1 atom stereocenters. The molecule has 0 spiro atoms. The van der Waals surface area contributed by atoms with E-state index in [2.05, 4.69) is 13.8 Å². The van der Waals surface area contributed by atoms with Crippen LogP contribution in [0.15, 0.2) is 24.3 Å². The van der Waals surface area contributed by atoms with Crippen LogP contribution in [0, 0.1) is 5.92 Å². The van der Waals surface area contributed by atoms with Crippen molar-refractivity contribution in [1.29, 1.82) is 0 Å². The zero-order valence-electron chi connectivity index (χ0n) is 8.20. The highest BCUT2D eigenvalue weighted by atomic mass is 16.3. The van der Waals surface area contributed by atoms with Crippen LogP contribution in [-0.2, 0) is 6.61 Å². The van der Waals surface area contributed by atoms with Gasteiger partial charge < -0.3 is 10.8 Å². The van der Waals surface area contributed by atoms with Crippen molar-refractivity contribution in [2.45, 2.75) is 26.5 Å². The van der Waals surface area contributed by atoms with Gasteiger partial charge in [0.25, 0.3) is 0 Å². The summed E-state index contributed by atoms with van der Waals surface area (Å²) in [4.78, 5) is 0. The summed E-state index contributed by atoms with van der Waals surface area (Å²) < 4.78 is 0. The van der Waals surface area contributed by atoms with Gasteiger partial charge in [0.2, 0.25) is 0 Å². The number of hydrogen-bond donors (Lipinski definition) is 2. The van der Waals surface area contributed by atoms with Gasteiger partial charge >= 0.3 is 0 Å². The van der Waals surface area contributed by atoms with E-state index in [1.807, 2.05) is 24.3 Å². The van der Waals surface area contributed by atoms with E-state index in [1.165, 1.54) is 0 Å². The molecule has 0 aliphatic heterocycles. The SMILES string of the molecule is CC(C)C(N)c1ccccc1CO. The van der Waals surface area contributed by atoms with Crippen LogP contribution in [0.3, 0.4) is 0 Å². The molecule has 0 saturated carbocycles. The summed E-state index contributed by atoms with van der Waals surface area (Å²) in [6, 6.07) is 7.79. The minimum atomic E-state index is 0.0170. The van der Waals surface area contributed by atoms with E-state index < -0.39 is 0 Å². The molecule has 0 aliphatic carbocycles. The Balaban J connectivity index is 2.98. The maximum atomic E-state index is 9.09. The van der Waals surface area contributed by atoms with Crippen LogP contribution in [0.2, 0.25) is 0 Å². The second kappa shape index (κ2) is 4.40. The first-order valence-corrected chi connectivity index (χ1v) is 4.61. The van der Waals surface area contributed by atoms with Crippen molar-refractivity contribution < 1.29 is 5.11 Å².